The van der Waals surface area contributed by atoms with Crippen LogP contribution in [-0.4, -0.2) is 35.5 Å². The molecule has 0 aliphatic heterocycles. The lowest BCUT2D eigenvalue weighted by molar-refractivity contribution is -0.137. The normalized spacial score (nSPS) is 11.6. The van der Waals surface area contributed by atoms with Crippen LogP contribution in [0.25, 0.3) is 22.3 Å². The molecule has 44 heavy (non-hydrogen) atoms. The van der Waals surface area contributed by atoms with E-state index in [1.807, 2.05) is 41.6 Å². The molecule has 1 aromatic heterocycles. The smallest absolute Gasteiger partial charge is 0.416 e. The number of alkyl halides is 3. The van der Waals surface area contributed by atoms with Crippen LogP contribution >= 0.6 is 22.6 Å². The van der Waals surface area contributed by atoms with Crippen LogP contribution in [-0.2, 0) is 11.0 Å². The molecule has 1 N–H and O–H groups in total. The van der Waals surface area contributed by atoms with Crippen molar-refractivity contribution >= 4 is 51.3 Å². The summed E-state index contributed by atoms with van der Waals surface area (Å²) in [6, 6.07) is 21.7. The van der Waals surface area contributed by atoms with Crippen molar-refractivity contribution < 1.29 is 27.4 Å². The van der Waals surface area contributed by atoms with Crippen LogP contribution < -0.4 is 20.3 Å². The highest BCUT2D eigenvalue weighted by molar-refractivity contribution is 14.1. The zero-order valence-electron chi connectivity index (χ0n) is 23.4. The fourth-order valence-corrected chi connectivity index (χ4v) is 5.08. The number of fused-ring (bicyclic) bond motifs is 1. The van der Waals surface area contributed by atoms with Crippen molar-refractivity contribution in [2.75, 3.05) is 19.0 Å². The molecule has 0 unspecified atom stereocenters. The average molecular weight is 712 g/mol. The minimum atomic E-state index is -4.58. The number of hydrogen-bond donors (Lipinski definition) is 1. The topological polar surface area (TPSA) is 94.8 Å². The Morgan fingerprint density at radius 3 is 2.52 bits per heavy atom. The average Bonchev–Trinajstić information content (AvgIpc) is 3.00. The maximum absolute atomic E-state index is 13.5. The van der Waals surface area contributed by atoms with Crippen molar-refractivity contribution in [1.82, 2.24) is 9.66 Å². The van der Waals surface area contributed by atoms with Crippen molar-refractivity contribution in [3.63, 3.8) is 0 Å². The molecule has 0 saturated heterocycles. The van der Waals surface area contributed by atoms with Crippen LogP contribution in [0.5, 0.6) is 11.5 Å². The highest BCUT2D eigenvalue weighted by atomic mass is 127. The summed E-state index contributed by atoms with van der Waals surface area (Å²) in [7, 11) is 1.44. The lowest BCUT2D eigenvalue weighted by Crippen LogP contribution is -2.21. The molecule has 4 aromatic carbocycles. The lowest BCUT2D eigenvalue weighted by Gasteiger charge is -2.14. The molecule has 5 aromatic rings. The molecule has 0 aliphatic carbocycles. The first-order valence-corrected chi connectivity index (χ1v) is 14.2. The number of anilines is 1. The Labute approximate surface area is 263 Å². The van der Waals surface area contributed by atoms with Gasteiger partial charge in [-0.1, -0.05) is 42.0 Å². The number of hydrogen-bond acceptors (Lipinski definition) is 6. The number of nitrogens with zero attached hydrogens (tertiary/aromatic N) is 3. The zero-order valence-corrected chi connectivity index (χ0v) is 25.5. The third-order valence-electron chi connectivity index (χ3n) is 6.46. The van der Waals surface area contributed by atoms with Crippen molar-refractivity contribution in [3.05, 3.63) is 116 Å². The molecule has 0 spiro atoms. The number of amides is 1. The number of methoxy groups -OCH3 is 1. The largest absolute Gasteiger partial charge is 0.493 e. The van der Waals surface area contributed by atoms with E-state index < -0.39 is 17.3 Å². The highest BCUT2D eigenvalue weighted by Crippen LogP contribution is 2.34. The maximum atomic E-state index is 13.5. The first-order valence-electron chi connectivity index (χ1n) is 13.1. The molecule has 0 fully saturated rings. The van der Waals surface area contributed by atoms with Crippen molar-refractivity contribution in [2.24, 2.45) is 5.10 Å². The number of aromatic nitrogens is 2. The van der Waals surface area contributed by atoms with E-state index in [1.54, 1.807) is 48.5 Å². The minimum absolute atomic E-state index is 0.0581. The number of benzene rings is 4. The van der Waals surface area contributed by atoms with Gasteiger partial charge >= 0.3 is 6.18 Å². The molecule has 0 saturated carbocycles. The summed E-state index contributed by atoms with van der Waals surface area (Å²) in [6.07, 6.45) is -3.22. The first kappa shape index (κ1) is 30.7. The number of ether oxygens (including phenoxy) is 2. The third-order valence-corrected chi connectivity index (χ3v) is 7.26. The van der Waals surface area contributed by atoms with Gasteiger partial charge in [0.1, 0.15) is 0 Å². The lowest BCUT2D eigenvalue weighted by atomic mass is 10.1. The van der Waals surface area contributed by atoms with E-state index in [-0.39, 0.29) is 29.3 Å². The van der Waals surface area contributed by atoms with Crippen LogP contribution in [0.1, 0.15) is 16.7 Å². The van der Waals surface area contributed by atoms with E-state index in [1.165, 1.54) is 25.5 Å². The van der Waals surface area contributed by atoms with Crippen molar-refractivity contribution in [2.45, 2.75) is 13.1 Å². The second-order valence-corrected chi connectivity index (χ2v) is 10.8. The number of halogens is 4. The van der Waals surface area contributed by atoms with Crippen LogP contribution in [0.3, 0.4) is 0 Å². The van der Waals surface area contributed by atoms with Crippen LogP contribution in [0.2, 0.25) is 0 Å². The number of carbonyl (C=O) groups excluding carboxylic acids is 1. The molecule has 0 aliphatic rings. The van der Waals surface area contributed by atoms with Gasteiger partial charge in [-0.25, -0.2) is 4.98 Å². The number of nitrogens with one attached hydrogen (secondary N) is 1. The van der Waals surface area contributed by atoms with Crippen molar-refractivity contribution in [3.8, 4) is 22.9 Å². The molecule has 0 radical (unpaired) electrons. The standard InChI is InChI=1S/C32H24F3IN4O4/c1-19-10-12-23(13-11-19)38-28(41)18-44-29-25(36)14-20(15-27(29)43-2)17-37-40-30(21-6-5-7-22(16-21)32(33,34)35)39-26-9-4-3-8-24(26)31(40)42/h3-17H,18H2,1-2H3,(H,38,41). The molecule has 1 heterocycles. The molecule has 224 valence electrons. The van der Waals surface area contributed by atoms with Gasteiger partial charge in [0.15, 0.2) is 23.9 Å². The van der Waals surface area contributed by atoms with Crippen molar-refractivity contribution in [1.29, 1.82) is 0 Å². The van der Waals surface area contributed by atoms with Crippen LogP contribution in [0.4, 0.5) is 18.9 Å². The summed E-state index contributed by atoms with van der Waals surface area (Å²) in [5, 5.41) is 7.35. The number of para-hydroxylation sites is 1. The van der Waals surface area contributed by atoms with Gasteiger partial charge in [0.2, 0.25) is 0 Å². The zero-order chi connectivity index (χ0) is 31.4. The second-order valence-electron chi connectivity index (χ2n) is 9.63. The van der Waals surface area contributed by atoms with E-state index in [0.29, 0.717) is 31.8 Å². The number of carbonyl (C=O) groups is 1. The van der Waals surface area contributed by atoms with Gasteiger partial charge in [0.25, 0.3) is 11.5 Å². The Bertz CT molecular complexity index is 1940. The summed E-state index contributed by atoms with van der Waals surface area (Å²) >= 11 is 2.02. The molecule has 0 bridgehead atoms. The minimum Gasteiger partial charge on any atom is -0.493 e. The maximum Gasteiger partial charge on any atom is 0.416 e. The van der Waals surface area contributed by atoms with Gasteiger partial charge in [-0.2, -0.15) is 22.9 Å². The second kappa shape index (κ2) is 12.9. The van der Waals surface area contributed by atoms with E-state index in [2.05, 4.69) is 15.4 Å². The first-order chi connectivity index (χ1) is 21.0. The third kappa shape index (κ3) is 6.91. The molecule has 5 rings (SSSR count). The fourth-order valence-electron chi connectivity index (χ4n) is 4.30. The summed E-state index contributed by atoms with van der Waals surface area (Å²) in [5.74, 6) is 0.224. The quantitative estimate of drug-likeness (QED) is 0.140. The Balaban J connectivity index is 1.46. The van der Waals surface area contributed by atoms with Gasteiger partial charge in [-0.05, 0) is 83.6 Å². The Morgan fingerprint density at radius 2 is 1.80 bits per heavy atom. The van der Waals surface area contributed by atoms with E-state index >= 15 is 0 Å². The van der Waals surface area contributed by atoms with E-state index in [9.17, 15) is 22.8 Å². The van der Waals surface area contributed by atoms with Gasteiger partial charge < -0.3 is 14.8 Å². The summed E-state index contributed by atoms with van der Waals surface area (Å²) in [4.78, 5) is 30.4. The number of aryl methyl sites for hydroxylation is 1. The summed E-state index contributed by atoms with van der Waals surface area (Å²) in [5.41, 5.74) is 1.16. The van der Waals surface area contributed by atoms with Gasteiger partial charge in [-0.3, -0.25) is 9.59 Å². The van der Waals surface area contributed by atoms with Gasteiger partial charge in [-0.15, -0.1) is 0 Å². The van der Waals surface area contributed by atoms with Crippen LogP contribution in [0.15, 0.2) is 94.8 Å². The SMILES string of the molecule is COc1cc(C=Nn2c(-c3cccc(C(F)(F)F)c3)nc3ccccc3c2=O)cc(I)c1OCC(=O)Nc1ccc(C)cc1. The molecule has 0 atom stereocenters. The Kier molecular flexibility index (Phi) is 8.99. The van der Waals surface area contributed by atoms with Gasteiger partial charge in [0.05, 0.1) is 33.4 Å². The summed E-state index contributed by atoms with van der Waals surface area (Å²) < 4.78 is 53.2. The fraction of sp³-hybridized carbons (Fsp3) is 0.125. The molecular formula is C32H24F3IN4O4. The summed E-state index contributed by atoms with van der Waals surface area (Å²) in [6.45, 7) is 1.68. The Hall–Kier alpha value is -4.72. The van der Waals surface area contributed by atoms with E-state index in [0.717, 1.165) is 22.4 Å². The van der Waals surface area contributed by atoms with E-state index in [4.69, 9.17) is 9.47 Å². The van der Waals surface area contributed by atoms with Crippen LogP contribution in [0, 0.1) is 10.5 Å². The number of rotatable bonds is 8. The monoisotopic (exact) mass is 712 g/mol. The Morgan fingerprint density at radius 1 is 1.05 bits per heavy atom. The highest BCUT2D eigenvalue weighted by Gasteiger charge is 2.31. The molecule has 8 nitrogen and oxygen atoms in total. The predicted octanol–water partition coefficient (Wildman–Crippen LogP) is 6.90. The van der Waals surface area contributed by atoms with Gasteiger partial charge in [0, 0.05) is 11.3 Å². The molecular weight excluding hydrogens is 688 g/mol. The molecule has 12 heteroatoms. The molecule has 1 amide bonds. The predicted molar refractivity (Wildman–Crippen MR) is 170 cm³/mol.